The lowest BCUT2D eigenvalue weighted by molar-refractivity contribution is -0.143. The number of rotatable bonds is 9. The molecule has 50 heavy (non-hydrogen) atoms. The van der Waals surface area contributed by atoms with Gasteiger partial charge in [0.1, 0.15) is 0 Å². The molecule has 1 saturated heterocycles. The number of urea groups is 1. The zero-order valence-electron chi connectivity index (χ0n) is 26.6. The number of ether oxygens (including phenoxy) is 1. The molecule has 4 aromatic carbocycles. The number of carbonyl (C=O) groups is 2. The molecule has 0 aliphatic carbocycles. The molecule has 262 valence electrons. The molecule has 5 rings (SSSR count). The highest BCUT2D eigenvalue weighted by molar-refractivity contribution is 7.99. The molecular formula is C35H29F6N3O4S2. The summed E-state index contributed by atoms with van der Waals surface area (Å²) >= 11 is 2.88. The number of anilines is 1. The number of hydrogen-bond acceptors (Lipinski definition) is 7. The molecule has 4 aromatic rings. The molecule has 2 atom stereocenters. The Labute approximate surface area is 292 Å². The van der Waals surface area contributed by atoms with Crippen LogP contribution in [0.4, 0.5) is 42.5 Å². The second-order valence-electron chi connectivity index (χ2n) is 10.7. The third-order valence-corrected chi connectivity index (χ3v) is 9.13. The number of amides is 3. The maximum absolute atomic E-state index is 13.9. The highest BCUT2D eigenvalue weighted by atomic mass is 32.2. The van der Waals surface area contributed by atoms with Crippen molar-refractivity contribution in [1.29, 1.82) is 0 Å². The molecule has 0 unspecified atom stereocenters. The van der Waals surface area contributed by atoms with Gasteiger partial charge in [-0.25, -0.2) is 14.5 Å². The third kappa shape index (κ3) is 8.59. The number of imide groups is 1. The van der Waals surface area contributed by atoms with Gasteiger partial charge >= 0.3 is 18.4 Å². The normalized spacial score (nSPS) is 16.6. The summed E-state index contributed by atoms with van der Waals surface area (Å²) in [7, 11) is 0. The van der Waals surface area contributed by atoms with Gasteiger partial charge in [0.2, 0.25) is 6.08 Å². The first kappa shape index (κ1) is 38.2. The molecule has 7 nitrogen and oxygen atoms in total. The highest BCUT2D eigenvalue weighted by Gasteiger charge is 2.54. The molecule has 1 aliphatic heterocycles. The molecule has 3 amide bonds. The maximum Gasteiger partial charge on any atom is 0.416 e. The lowest BCUT2D eigenvalue weighted by Gasteiger charge is -2.29. The number of nitrogens with one attached hydrogen (secondary N) is 1. The monoisotopic (exact) mass is 733 g/mol. The Hall–Kier alpha value is -4.56. The number of carbonyl (C=O) groups excluding carboxylic acids is 3. The summed E-state index contributed by atoms with van der Waals surface area (Å²) in [5, 5.41) is 2.65. The third-order valence-electron chi connectivity index (χ3n) is 7.56. The van der Waals surface area contributed by atoms with Gasteiger partial charge < -0.3 is 10.1 Å². The second-order valence-corrected chi connectivity index (χ2v) is 12.4. The number of hydrogen-bond donors (Lipinski definition) is 1. The van der Waals surface area contributed by atoms with Crippen molar-refractivity contribution in [3.8, 4) is 0 Å². The van der Waals surface area contributed by atoms with E-state index in [0.717, 1.165) is 9.80 Å². The Balaban J connectivity index is 0.000000435. The second kappa shape index (κ2) is 16.0. The summed E-state index contributed by atoms with van der Waals surface area (Å²) in [5.74, 6) is -0.701. The van der Waals surface area contributed by atoms with Crippen molar-refractivity contribution in [3.05, 3.63) is 119 Å². The Kier molecular flexibility index (Phi) is 12.2. The van der Waals surface area contributed by atoms with Gasteiger partial charge in [0.25, 0.3) is 5.91 Å². The minimum atomic E-state index is -5.03. The van der Waals surface area contributed by atoms with Crippen molar-refractivity contribution in [1.82, 2.24) is 5.32 Å². The van der Waals surface area contributed by atoms with Crippen LogP contribution in [0.5, 0.6) is 0 Å². The largest absolute Gasteiger partial charge is 0.416 e. The van der Waals surface area contributed by atoms with E-state index in [1.54, 1.807) is 78.7 Å². The van der Waals surface area contributed by atoms with Gasteiger partial charge in [0.15, 0.2) is 5.54 Å². The molecule has 0 saturated carbocycles. The number of isocyanates is 1. The fourth-order valence-electron chi connectivity index (χ4n) is 5.04. The van der Waals surface area contributed by atoms with Crippen LogP contribution in [0.1, 0.15) is 35.3 Å². The maximum atomic E-state index is 13.9. The SMILES string of the molecule is CSc1ccccc1N1C(=O)N[C@](CO[C@H](C)c2cc(C(F)(F)F)cc(C(F)(F)F)c2)(c2ccccc2)C1=O.CSc1ccccc1N=C=O. The van der Waals surface area contributed by atoms with Gasteiger partial charge in [-0.05, 0) is 73.0 Å². The summed E-state index contributed by atoms with van der Waals surface area (Å²) in [4.78, 5) is 43.1. The smallest absolute Gasteiger partial charge is 0.370 e. The van der Waals surface area contributed by atoms with Crippen LogP contribution < -0.4 is 10.2 Å². The minimum absolute atomic E-state index is 0.0312. The van der Waals surface area contributed by atoms with E-state index < -0.39 is 53.7 Å². The molecule has 1 heterocycles. The van der Waals surface area contributed by atoms with Gasteiger partial charge in [-0.2, -0.15) is 31.3 Å². The van der Waals surface area contributed by atoms with E-state index in [0.29, 0.717) is 34.0 Å². The summed E-state index contributed by atoms with van der Waals surface area (Å²) in [6, 6.07) is 22.7. The number of thioether (sulfide) groups is 2. The molecule has 0 bridgehead atoms. The lowest BCUT2D eigenvalue weighted by Crippen LogP contribution is -2.48. The van der Waals surface area contributed by atoms with Crippen LogP contribution >= 0.6 is 23.5 Å². The van der Waals surface area contributed by atoms with E-state index >= 15 is 0 Å². The molecule has 0 aromatic heterocycles. The van der Waals surface area contributed by atoms with Crippen molar-refractivity contribution in [2.75, 3.05) is 24.0 Å². The highest BCUT2D eigenvalue weighted by Crippen LogP contribution is 2.40. The van der Waals surface area contributed by atoms with Crippen molar-refractivity contribution < 1.29 is 45.5 Å². The van der Waals surface area contributed by atoms with Crippen LogP contribution in [0.15, 0.2) is 112 Å². The Morgan fingerprint density at radius 3 is 1.92 bits per heavy atom. The molecule has 0 spiro atoms. The Bertz CT molecular complexity index is 1850. The topological polar surface area (TPSA) is 88.1 Å². The number of alkyl halides is 6. The Morgan fingerprint density at radius 1 is 0.820 bits per heavy atom. The van der Waals surface area contributed by atoms with Crippen LogP contribution in [0.3, 0.4) is 0 Å². The number of aliphatic imine (C=N–C) groups is 1. The average molecular weight is 734 g/mol. The molecule has 1 aliphatic rings. The van der Waals surface area contributed by atoms with E-state index in [9.17, 15) is 40.7 Å². The molecule has 1 N–H and O–H groups in total. The first-order chi connectivity index (χ1) is 23.7. The number of para-hydroxylation sites is 2. The summed E-state index contributed by atoms with van der Waals surface area (Å²) in [6.45, 7) is 0.717. The van der Waals surface area contributed by atoms with Crippen LogP contribution in [0, 0.1) is 0 Å². The van der Waals surface area contributed by atoms with E-state index in [-0.39, 0.29) is 11.6 Å². The van der Waals surface area contributed by atoms with E-state index in [2.05, 4.69) is 10.3 Å². The predicted octanol–water partition coefficient (Wildman–Crippen LogP) is 9.55. The van der Waals surface area contributed by atoms with E-state index in [4.69, 9.17) is 4.74 Å². The summed E-state index contributed by atoms with van der Waals surface area (Å²) in [5.41, 5.74) is -3.79. The predicted molar refractivity (Wildman–Crippen MR) is 179 cm³/mol. The minimum Gasteiger partial charge on any atom is -0.370 e. The molecule has 0 radical (unpaired) electrons. The molecule has 1 fully saturated rings. The van der Waals surface area contributed by atoms with Gasteiger partial charge in [-0.1, -0.05) is 54.6 Å². The molecular weight excluding hydrogens is 705 g/mol. The zero-order chi connectivity index (χ0) is 36.7. The zero-order valence-corrected chi connectivity index (χ0v) is 28.3. The first-order valence-electron chi connectivity index (χ1n) is 14.6. The van der Waals surface area contributed by atoms with Crippen LogP contribution in [0.25, 0.3) is 0 Å². The standard InChI is InChI=1S/C27H22F6N2O3S.C8H7NOS/c1-16(17-12-19(26(28,29)30)14-20(13-17)27(31,32)33)38-15-25(18-8-4-3-5-9-18)23(36)35(24(37)34-25)21-10-6-7-11-22(21)39-2;1-11-8-5-3-2-4-7(8)9-6-10/h3-14,16H,15H2,1-2H3,(H,34,37);2-5H,1H3/t16-,25-;/m1./s1. The van der Waals surface area contributed by atoms with E-state index in [1.165, 1.54) is 24.8 Å². The van der Waals surface area contributed by atoms with Crippen molar-refractivity contribution >= 4 is 52.9 Å². The number of halogens is 6. The Morgan fingerprint density at radius 2 is 1.36 bits per heavy atom. The fourth-order valence-corrected chi connectivity index (χ4v) is 6.16. The van der Waals surface area contributed by atoms with Crippen LogP contribution in [0.2, 0.25) is 0 Å². The van der Waals surface area contributed by atoms with Gasteiger partial charge in [0.05, 0.1) is 35.2 Å². The van der Waals surface area contributed by atoms with Gasteiger partial charge in [0, 0.05) is 9.79 Å². The quantitative estimate of drug-likeness (QED) is 0.0607. The molecule has 15 heteroatoms. The van der Waals surface area contributed by atoms with Crippen LogP contribution in [-0.4, -0.2) is 37.1 Å². The lowest BCUT2D eigenvalue weighted by atomic mass is 9.90. The number of nitrogens with zero attached hydrogens (tertiary/aromatic N) is 2. The van der Waals surface area contributed by atoms with Crippen molar-refractivity contribution in [2.45, 2.75) is 40.7 Å². The van der Waals surface area contributed by atoms with E-state index in [1.807, 2.05) is 24.5 Å². The average Bonchev–Trinajstić information content (AvgIpc) is 3.36. The van der Waals surface area contributed by atoms with Crippen molar-refractivity contribution in [2.24, 2.45) is 4.99 Å². The fraction of sp³-hybridized carbons (Fsp3) is 0.229. The van der Waals surface area contributed by atoms with Gasteiger partial charge in [-0.3, -0.25) is 4.79 Å². The summed E-state index contributed by atoms with van der Waals surface area (Å²) < 4.78 is 86.0. The number of benzene rings is 4. The van der Waals surface area contributed by atoms with Gasteiger partial charge in [-0.15, -0.1) is 23.5 Å². The van der Waals surface area contributed by atoms with Crippen molar-refractivity contribution in [3.63, 3.8) is 0 Å². The van der Waals surface area contributed by atoms with Crippen LogP contribution in [-0.2, 0) is 32.2 Å². The summed E-state index contributed by atoms with van der Waals surface area (Å²) in [6.07, 6.45) is -6.11. The first-order valence-corrected chi connectivity index (χ1v) is 17.1.